The Kier molecular flexibility index (Phi) is 9.93. The summed E-state index contributed by atoms with van der Waals surface area (Å²) >= 11 is 0. The van der Waals surface area contributed by atoms with Gasteiger partial charge in [-0.2, -0.15) is 4.31 Å². The molecule has 12 heteroatoms. The van der Waals surface area contributed by atoms with Gasteiger partial charge in [-0.1, -0.05) is 6.07 Å². The molecule has 0 unspecified atom stereocenters. The molecule has 1 saturated heterocycles. The van der Waals surface area contributed by atoms with E-state index < -0.39 is 20.0 Å². The summed E-state index contributed by atoms with van der Waals surface area (Å²) in [4.78, 5) is 12.4. The molecule has 1 aliphatic rings. The number of carbonyl (C=O) groups is 1. The van der Waals surface area contributed by atoms with Crippen molar-refractivity contribution in [1.82, 2.24) is 9.62 Å². The van der Waals surface area contributed by atoms with Crippen LogP contribution in [0.1, 0.15) is 24.0 Å². The van der Waals surface area contributed by atoms with Crippen LogP contribution in [0.4, 0.5) is 5.69 Å². The third-order valence-corrected chi connectivity index (χ3v) is 9.18. The van der Waals surface area contributed by atoms with Crippen LogP contribution in [0.3, 0.4) is 0 Å². The third kappa shape index (κ3) is 8.16. The number of hydrogen-bond acceptors (Lipinski definition) is 7. The van der Waals surface area contributed by atoms with Crippen LogP contribution in [0.5, 0.6) is 5.75 Å². The summed E-state index contributed by atoms with van der Waals surface area (Å²) < 4.78 is 63.4. The molecule has 37 heavy (non-hydrogen) atoms. The molecule has 204 valence electrons. The van der Waals surface area contributed by atoms with Gasteiger partial charge < -0.3 is 14.8 Å². The fraction of sp³-hybridized carbons (Fsp3) is 0.480. The van der Waals surface area contributed by atoms with E-state index in [1.165, 1.54) is 20.7 Å². The van der Waals surface area contributed by atoms with Gasteiger partial charge in [0, 0.05) is 26.1 Å². The van der Waals surface area contributed by atoms with Crippen LogP contribution < -0.4 is 14.4 Å². The van der Waals surface area contributed by atoms with Crippen molar-refractivity contribution in [3.8, 4) is 5.75 Å². The maximum Gasteiger partial charge on any atom is 0.243 e. The van der Waals surface area contributed by atoms with Gasteiger partial charge in [-0.25, -0.2) is 16.8 Å². The molecule has 2 aromatic carbocycles. The molecular weight excluding hydrogens is 518 g/mol. The lowest BCUT2D eigenvalue weighted by atomic mass is 10.1. The van der Waals surface area contributed by atoms with Gasteiger partial charge in [-0.05, 0) is 67.8 Å². The lowest BCUT2D eigenvalue weighted by molar-refractivity contribution is -0.121. The second kappa shape index (κ2) is 12.7. The van der Waals surface area contributed by atoms with E-state index >= 15 is 0 Å². The zero-order valence-electron chi connectivity index (χ0n) is 21.5. The minimum Gasteiger partial charge on any atom is -0.492 e. The number of nitrogens with one attached hydrogen (secondary N) is 1. The molecule has 1 amide bonds. The molecule has 1 aliphatic heterocycles. The second-order valence-electron chi connectivity index (χ2n) is 8.89. The van der Waals surface area contributed by atoms with E-state index in [0.717, 1.165) is 17.4 Å². The average Bonchev–Trinajstić information content (AvgIpc) is 2.86. The summed E-state index contributed by atoms with van der Waals surface area (Å²) in [5.41, 5.74) is 2.66. The summed E-state index contributed by atoms with van der Waals surface area (Å²) in [7, 11) is -7.04. The van der Waals surface area contributed by atoms with E-state index in [-0.39, 0.29) is 36.9 Å². The number of morpholine rings is 1. The molecule has 2 aromatic rings. The van der Waals surface area contributed by atoms with Gasteiger partial charge in [-0.3, -0.25) is 9.10 Å². The van der Waals surface area contributed by atoms with Crippen LogP contribution in [0.2, 0.25) is 0 Å². The van der Waals surface area contributed by atoms with Crippen LogP contribution in [0.25, 0.3) is 0 Å². The van der Waals surface area contributed by atoms with Crippen LogP contribution in [0.15, 0.2) is 47.4 Å². The van der Waals surface area contributed by atoms with Gasteiger partial charge in [-0.15, -0.1) is 0 Å². The summed E-state index contributed by atoms with van der Waals surface area (Å²) in [6.07, 6.45) is 1.70. The number of carbonyl (C=O) groups excluding carboxylic acids is 1. The molecule has 0 spiro atoms. The van der Waals surface area contributed by atoms with E-state index in [4.69, 9.17) is 9.47 Å². The van der Waals surface area contributed by atoms with Gasteiger partial charge in [0.05, 0.1) is 36.6 Å². The summed E-state index contributed by atoms with van der Waals surface area (Å²) in [5.74, 6) is 0.288. The Morgan fingerprint density at radius 2 is 1.70 bits per heavy atom. The largest absolute Gasteiger partial charge is 0.492 e. The first-order chi connectivity index (χ1) is 17.5. The number of hydrogen-bond donors (Lipinski definition) is 1. The highest BCUT2D eigenvalue weighted by atomic mass is 32.2. The molecular formula is C25H35N3O7S2. The first-order valence-electron chi connectivity index (χ1n) is 12.1. The quantitative estimate of drug-likeness (QED) is 0.399. The zero-order valence-corrected chi connectivity index (χ0v) is 23.1. The number of amides is 1. The Morgan fingerprint density at radius 1 is 1.03 bits per heavy atom. The molecule has 1 N–H and O–H groups in total. The first-order valence-corrected chi connectivity index (χ1v) is 15.4. The molecule has 0 atom stereocenters. The molecule has 0 aliphatic carbocycles. The van der Waals surface area contributed by atoms with Crippen molar-refractivity contribution in [2.45, 2.75) is 31.6 Å². The standard InChI is InChI=1S/C25H35N3O7S2/c1-20-6-7-22(19-21(20)2)28(36(3,30)31)13-4-5-25(29)26-12-16-35-23-8-10-24(11-9-23)37(32,33)27-14-17-34-18-15-27/h6-11,19H,4-5,12-18H2,1-3H3,(H,26,29). The molecule has 0 saturated carbocycles. The number of benzene rings is 2. The normalized spacial score (nSPS) is 14.8. The molecule has 0 bridgehead atoms. The van der Waals surface area contributed by atoms with Crippen molar-refractivity contribution in [3.63, 3.8) is 0 Å². The number of ether oxygens (including phenoxy) is 2. The highest BCUT2D eigenvalue weighted by molar-refractivity contribution is 7.92. The van der Waals surface area contributed by atoms with Crippen LogP contribution >= 0.6 is 0 Å². The van der Waals surface area contributed by atoms with E-state index in [0.29, 0.717) is 44.2 Å². The van der Waals surface area contributed by atoms with Gasteiger partial charge in [0.25, 0.3) is 0 Å². The number of nitrogens with zero attached hydrogens (tertiary/aromatic N) is 2. The lowest BCUT2D eigenvalue weighted by Gasteiger charge is -2.26. The Labute approximate surface area is 219 Å². The Hall–Kier alpha value is -2.67. The van der Waals surface area contributed by atoms with Crippen molar-refractivity contribution in [3.05, 3.63) is 53.6 Å². The average molecular weight is 554 g/mol. The summed E-state index contributed by atoms with van der Waals surface area (Å²) in [5, 5.41) is 2.75. The van der Waals surface area contributed by atoms with Crippen LogP contribution in [-0.2, 0) is 29.6 Å². The smallest absolute Gasteiger partial charge is 0.243 e. The highest BCUT2D eigenvalue weighted by Crippen LogP contribution is 2.22. The van der Waals surface area contributed by atoms with Crippen LogP contribution in [-0.4, -0.2) is 79.3 Å². The predicted octanol–water partition coefficient (Wildman–Crippen LogP) is 2.07. The van der Waals surface area contributed by atoms with Crippen molar-refractivity contribution >= 4 is 31.6 Å². The van der Waals surface area contributed by atoms with Crippen molar-refractivity contribution in [1.29, 1.82) is 0 Å². The minimum absolute atomic E-state index is 0.172. The number of anilines is 1. The fourth-order valence-corrected chi connectivity index (χ4v) is 6.21. The third-order valence-electron chi connectivity index (χ3n) is 6.07. The Bertz CT molecular complexity index is 1270. The van der Waals surface area contributed by atoms with E-state index in [9.17, 15) is 21.6 Å². The number of sulfonamides is 2. The van der Waals surface area contributed by atoms with Crippen molar-refractivity contribution in [2.24, 2.45) is 0 Å². The SMILES string of the molecule is Cc1ccc(N(CCCC(=O)NCCOc2ccc(S(=O)(=O)N3CCOCC3)cc2)S(C)(=O)=O)cc1C. The highest BCUT2D eigenvalue weighted by Gasteiger charge is 2.26. The maximum atomic E-state index is 12.7. The topological polar surface area (TPSA) is 122 Å². The number of rotatable bonds is 12. The molecule has 3 rings (SSSR count). The van der Waals surface area contributed by atoms with Gasteiger partial charge >= 0.3 is 0 Å². The second-order valence-corrected chi connectivity index (χ2v) is 12.7. The predicted molar refractivity (Wildman–Crippen MR) is 142 cm³/mol. The summed E-state index contributed by atoms with van der Waals surface area (Å²) in [6.45, 7) is 5.99. The van der Waals surface area contributed by atoms with Crippen LogP contribution in [0, 0.1) is 13.8 Å². The zero-order chi connectivity index (χ0) is 27.1. The first kappa shape index (κ1) is 28.9. The van der Waals surface area contributed by atoms with E-state index in [2.05, 4.69) is 5.32 Å². The summed E-state index contributed by atoms with van der Waals surface area (Å²) in [6, 6.07) is 11.7. The van der Waals surface area contributed by atoms with Crippen molar-refractivity contribution in [2.75, 3.05) is 56.6 Å². The van der Waals surface area contributed by atoms with Crippen molar-refractivity contribution < 1.29 is 31.1 Å². The molecule has 1 heterocycles. The lowest BCUT2D eigenvalue weighted by Crippen LogP contribution is -2.40. The minimum atomic E-state index is -3.56. The fourth-order valence-electron chi connectivity index (χ4n) is 3.84. The van der Waals surface area contributed by atoms with E-state index in [1.807, 2.05) is 26.0 Å². The Balaban J connectivity index is 1.41. The molecule has 0 radical (unpaired) electrons. The number of aryl methyl sites for hydroxylation is 2. The van der Waals surface area contributed by atoms with Gasteiger partial charge in [0.2, 0.25) is 26.0 Å². The maximum absolute atomic E-state index is 12.7. The van der Waals surface area contributed by atoms with E-state index in [1.54, 1.807) is 18.2 Å². The van der Waals surface area contributed by atoms with Gasteiger partial charge in [0.1, 0.15) is 12.4 Å². The molecule has 1 fully saturated rings. The Morgan fingerprint density at radius 3 is 2.32 bits per heavy atom. The molecule has 0 aromatic heterocycles. The van der Waals surface area contributed by atoms with Gasteiger partial charge in [0.15, 0.2) is 0 Å². The molecule has 10 nitrogen and oxygen atoms in total. The monoisotopic (exact) mass is 553 g/mol.